The van der Waals surface area contributed by atoms with Gasteiger partial charge in [0.15, 0.2) is 0 Å². The van der Waals surface area contributed by atoms with E-state index >= 15 is 0 Å². The van der Waals surface area contributed by atoms with Gasteiger partial charge in [-0.1, -0.05) is 6.92 Å². The van der Waals surface area contributed by atoms with Crippen molar-refractivity contribution in [3.05, 3.63) is 17.0 Å². The molecule has 1 atom stereocenters. The number of hydrogen-bond donors (Lipinski definition) is 3. The van der Waals surface area contributed by atoms with Gasteiger partial charge in [0.2, 0.25) is 5.91 Å². The summed E-state index contributed by atoms with van der Waals surface area (Å²) in [4.78, 5) is 13.9. The van der Waals surface area contributed by atoms with Crippen LogP contribution in [-0.4, -0.2) is 51.8 Å². The van der Waals surface area contributed by atoms with Crippen LogP contribution in [0.2, 0.25) is 0 Å². The number of aliphatic hydroxyl groups excluding tert-OH is 1. The van der Waals surface area contributed by atoms with Crippen molar-refractivity contribution in [3.8, 4) is 0 Å². The number of nitrogens with one attached hydrogen (secondary N) is 2. The van der Waals surface area contributed by atoms with Crippen LogP contribution in [-0.2, 0) is 17.8 Å². The van der Waals surface area contributed by atoms with Gasteiger partial charge in [-0.05, 0) is 13.3 Å². The number of H-pyrrole nitrogens is 1. The van der Waals surface area contributed by atoms with Gasteiger partial charge < -0.3 is 15.3 Å². The highest BCUT2D eigenvalue weighted by atomic mass is 16.3. The number of hydrogen-bond acceptors (Lipinski definition) is 4. The van der Waals surface area contributed by atoms with Crippen molar-refractivity contribution < 1.29 is 9.90 Å². The summed E-state index contributed by atoms with van der Waals surface area (Å²) in [5, 5.41) is 19.6. The van der Waals surface area contributed by atoms with Crippen LogP contribution in [0.4, 0.5) is 0 Å². The first-order valence-corrected chi connectivity index (χ1v) is 6.81. The van der Waals surface area contributed by atoms with E-state index in [1.54, 1.807) is 0 Å². The number of aliphatic hydroxyl groups is 1. The molecule has 0 fully saturated rings. The van der Waals surface area contributed by atoms with Crippen molar-refractivity contribution >= 4 is 5.91 Å². The lowest BCUT2D eigenvalue weighted by atomic mass is 10.1. The van der Waals surface area contributed by atoms with Crippen LogP contribution in [0.1, 0.15) is 30.3 Å². The Morgan fingerprint density at radius 2 is 2.42 bits per heavy atom. The summed E-state index contributed by atoms with van der Waals surface area (Å²) in [6.07, 6.45) is 1.13. The molecule has 0 radical (unpaired) electrons. The molecule has 1 amide bonds. The van der Waals surface area contributed by atoms with Crippen LogP contribution >= 0.6 is 0 Å². The first-order chi connectivity index (χ1) is 9.11. The molecular formula is C13H22N4O2. The zero-order valence-corrected chi connectivity index (χ0v) is 11.6. The Kier molecular flexibility index (Phi) is 4.55. The zero-order valence-electron chi connectivity index (χ0n) is 11.6. The Bertz CT molecular complexity index is 444. The lowest BCUT2D eigenvalue weighted by molar-refractivity contribution is -0.131. The summed E-state index contributed by atoms with van der Waals surface area (Å²) in [5.74, 6) is 0.0783. The molecule has 1 aliphatic heterocycles. The zero-order chi connectivity index (χ0) is 13.8. The second kappa shape index (κ2) is 6.16. The monoisotopic (exact) mass is 266 g/mol. The number of aromatic nitrogens is 2. The molecule has 0 spiro atoms. The molecule has 0 bridgehead atoms. The number of nitrogens with zero attached hydrogens (tertiary/aromatic N) is 2. The van der Waals surface area contributed by atoms with Gasteiger partial charge in [-0.15, -0.1) is 0 Å². The van der Waals surface area contributed by atoms with E-state index in [-0.39, 0.29) is 18.6 Å². The predicted octanol–water partition coefficient (Wildman–Crippen LogP) is -0.0367. The van der Waals surface area contributed by atoms with Crippen molar-refractivity contribution in [1.82, 2.24) is 20.4 Å². The van der Waals surface area contributed by atoms with Crippen molar-refractivity contribution in [2.75, 3.05) is 19.6 Å². The van der Waals surface area contributed by atoms with Crippen molar-refractivity contribution in [2.45, 2.75) is 39.3 Å². The number of aromatic amines is 1. The van der Waals surface area contributed by atoms with Gasteiger partial charge in [0.1, 0.15) is 0 Å². The minimum atomic E-state index is -0.378. The van der Waals surface area contributed by atoms with Crippen LogP contribution in [0.5, 0.6) is 0 Å². The van der Waals surface area contributed by atoms with Crippen molar-refractivity contribution in [3.63, 3.8) is 0 Å². The van der Waals surface area contributed by atoms with E-state index in [0.29, 0.717) is 26.1 Å². The Labute approximate surface area is 113 Å². The molecule has 6 nitrogen and oxygen atoms in total. The Morgan fingerprint density at radius 3 is 3.16 bits per heavy atom. The van der Waals surface area contributed by atoms with Crippen molar-refractivity contribution in [2.24, 2.45) is 0 Å². The Balaban J connectivity index is 1.83. The standard InChI is InChI=1S/C13H22N4O2/c1-3-10(18)6-14-7-13(19)17-5-4-12-11(8-17)9(2)15-16-12/h10,14,18H,3-8H2,1-2H3,(H,15,16). The van der Waals surface area contributed by atoms with Crippen LogP contribution in [0, 0.1) is 6.92 Å². The van der Waals surface area contributed by atoms with Gasteiger partial charge in [0, 0.05) is 37.3 Å². The van der Waals surface area contributed by atoms with E-state index in [1.165, 1.54) is 0 Å². The van der Waals surface area contributed by atoms with Gasteiger partial charge in [0.05, 0.1) is 18.3 Å². The number of carbonyl (C=O) groups is 1. The maximum absolute atomic E-state index is 12.1. The highest BCUT2D eigenvalue weighted by molar-refractivity contribution is 5.78. The third kappa shape index (κ3) is 3.33. The van der Waals surface area contributed by atoms with E-state index in [0.717, 1.165) is 23.4 Å². The minimum absolute atomic E-state index is 0.0783. The number of amides is 1. The number of rotatable bonds is 5. The maximum atomic E-state index is 12.1. The molecule has 1 aromatic heterocycles. The second-order valence-corrected chi connectivity index (χ2v) is 5.03. The molecule has 0 saturated heterocycles. The van der Waals surface area contributed by atoms with E-state index < -0.39 is 0 Å². The van der Waals surface area contributed by atoms with E-state index in [2.05, 4.69) is 15.5 Å². The van der Waals surface area contributed by atoms with Gasteiger partial charge in [0.25, 0.3) is 0 Å². The normalized spacial score (nSPS) is 16.3. The fourth-order valence-electron chi connectivity index (χ4n) is 2.24. The first-order valence-electron chi connectivity index (χ1n) is 6.81. The lowest BCUT2D eigenvalue weighted by Gasteiger charge is -2.27. The van der Waals surface area contributed by atoms with Gasteiger partial charge in [-0.25, -0.2) is 0 Å². The molecule has 106 valence electrons. The van der Waals surface area contributed by atoms with Gasteiger partial charge in [-0.3, -0.25) is 9.89 Å². The summed E-state index contributed by atoms with van der Waals surface area (Å²) in [5.41, 5.74) is 3.27. The maximum Gasteiger partial charge on any atom is 0.236 e. The second-order valence-electron chi connectivity index (χ2n) is 5.03. The van der Waals surface area contributed by atoms with E-state index in [9.17, 15) is 9.90 Å². The molecule has 0 saturated carbocycles. The summed E-state index contributed by atoms with van der Waals surface area (Å²) >= 11 is 0. The predicted molar refractivity (Wildman–Crippen MR) is 71.6 cm³/mol. The van der Waals surface area contributed by atoms with Crippen molar-refractivity contribution in [1.29, 1.82) is 0 Å². The smallest absolute Gasteiger partial charge is 0.236 e. The Hall–Kier alpha value is -1.40. The molecule has 1 aromatic rings. The fraction of sp³-hybridized carbons (Fsp3) is 0.692. The van der Waals surface area contributed by atoms with Crippen LogP contribution in [0.15, 0.2) is 0 Å². The largest absolute Gasteiger partial charge is 0.392 e. The molecular weight excluding hydrogens is 244 g/mol. The quantitative estimate of drug-likeness (QED) is 0.699. The van der Waals surface area contributed by atoms with E-state index in [4.69, 9.17) is 0 Å². The summed E-state index contributed by atoms with van der Waals surface area (Å²) in [6, 6.07) is 0. The lowest BCUT2D eigenvalue weighted by Crippen LogP contribution is -2.42. The average molecular weight is 266 g/mol. The molecule has 0 aromatic carbocycles. The summed E-state index contributed by atoms with van der Waals surface area (Å²) < 4.78 is 0. The first kappa shape index (κ1) is 14.0. The summed E-state index contributed by atoms with van der Waals surface area (Å²) in [7, 11) is 0. The molecule has 2 heterocycles. The molecule has 0 aliphatic carbocycles. The molecule has 3 N–H and O–H groups in total. The number of carbonyl (C=O) groups excluding carboxylic acids is 1. The third-order valence-electron chi connectivity index (χ3n) is 3.61. The molecule has 1 unspecified atom stereocenters. The molecule has 1 aliphatic rings. The average Bonchev–Trinajstić information content (AvgIpc) is 2.79. The third-order valence-corrected chi connectivity index (χ3v) is 3.61. The minimum Gasteiger partial charge on any atom is -0.392 e. The van der Waals surface area contributed by atoms with Crippen LogP contribution in [0.25, 0.3) is 0 Å². The number of fused-ring (bicyclic) bond motifs is 1. The molecule has 19 heavy (non-hydrogen) atoms. The highest BCUT2D eigenvalue weighted by Gasteiger charge is 2.23. The topological polar surface area (TPSA) is 81.2 Å². The summed E-state index contributed by atoms with van der Waals surface area (Å²) in [6.45, 7) is 6.00. The molecule has 2 rings (SSSR count). The molecule has 6 heteroatoms. The van der Waals surface area contributed by atoms with Gasteiger partial charge in [-0.2, -0.15) is 5.10 Å². The highest BCUT2D eigenvalue weighted by Crippen LogP contribution is 2.19. The SMILES string of the molecule is CCC(O)CNCC(=O)N1CCc2n[nH]c(C)c2C1. The van der Waals surface area contributed by atoms with Gasteiger partial charge >= 0.3 is 0 Å². The Morgan fingerprint density at radius 1 is 1.63 bits per heavy atom. The van der Waals surface area contributed by atoms with Crippen LogP contribution in [0.3, 0.4) is 0 Å². The van der Waals surface area contributed by atoms with E-state index in [1.807, 2.05) is 18.7 Å². The van der Waals surface area contributed by atoms with Crippen LogP contribution < -0.4 is 5.32 Å². The fourth-order valence-corrected chi connectivity index (χ4v) is 2.24. The number of aryl methyl sites for hydroxylation is 1.